The molecule has 2 heterocycles. The van der Waals surface area contributed by atoms with Gasteiger partial charge in [0.15, 0.2) is 0 Å². The first kappa shape index (κ1) is 24.6. The van der Waals surface area contributed by atoms with Crippen LogP contribution in [-0.4, -0.2) is 26.4 Å². The summed E-state index contributed by atoms with van der Waals surface area (Å²) in [7, 11) is 0. The molecule has 3 aromatic rings. The summed E-state index contributed by atoms with van der Waals surface area (Å²) in [6, 6.07) is 12.6. The van der Waals surface area contributed by atoms with E-state index in [2.05, 4.69) is 33.2 Å². The number of nitrogens with one attached hydrogen (secondary N) is 1. The summed E-state index contributed by atoms with van der Waals surface area (Å²) in [6.07, 6.45) is 2.17. The molecule has 178 valence electrons. The van der Waals surface area contributed by atoms with Crippen LogP contribution in [0.4, 0.5) is 5.95 Å². The molecule has 0 aliphatic carbocycles. The van der Waals surface area contributed by atoms with Crippen LogP contribution in [0.3, 0.4) is 0 Å². The first-order chi connectivity index (χ1) is 16.4. The number of allylic oxidation sites excluding steroid dienone is 1. The van der Waals surface area contributed by atoms with E-state index in [1.165, 1.54) is 0 Å². The number of thioether (sulfide) groups is 1. The van der Waals surface area contributed by atoms with E-state index in [9.17, 15) is 4.79 Å². The summed E-state index contributed by atoms with van der Waals surface area (Å²) in [6.45, 7) is 4.24. The average molecular weight is 563 g/mol. The zero-order valence-corrected chi connectivity index (χ0v) is 22.0. The Bertz CT molecular complexity index is 1250. The van der Waals surface area contributed by atoms with Gasteiger partial charge in [-0.3, -0.25) is 4.79 Å². The Morgan fingerprint density at radius 3 is 2.85 bits per heavy atom. The van der Waals surface area contributed by atoms with Crippen LogP contribution in [0.5, 0.6) is 5.75 Å². The summed E-state index contributed by atoms with van der Waals surface area (Å²) in [5.41, 5.74) is 8.50. The molecule has 10 heteroatoms. The summed E-state index contributed by atoms with van der Waals surface area (Å²) in [4.78, 5) is 17.2. The molecule has 34 heavy (non-hydrogen) atoms. The third kappa shape index (κ3) is 5.26. The molecular formula is C24H25BrClN5O2S. The van der Waals surface area contributed by atoms with Crippen molar-refractivity contribution in [2.75, 3.05) is 11.1 Å². The Kier molecular flexibility index (Phi) is 7.85. The third-order valence-electron chi connectivity index (χ3n) is 5.44. The molecule has 1 unspecified atom stereocenters. The molecule has 0 spiro atoms. The third-order valence-corrected chi connectivity index (χ3v) is 7.22. The number of aromatic nitrogens is 3. The second-order valence-electron chi connectivity index (χ2n) is 7.86. The molecule has 0 bridgehead atoms. The molecule has 4 rings (SSSR count). The van der Waals surface area contributed by atoms with E-state index in [1.54, 1.807) is 16.4 Å². The van der Waals surface area contributed by atoms with Crippen molar-refractivity contribution in [1.29, 1.82) is 0 Å². The van der Waals surface area contributed by atoms with Crippen molar-refractivity contribution >= 4 is 51.1 Å². The van der Waals surface area contributed by atoms with Crippen molar-refractivity contribution in [3.8, 4) is 5.75 Å². The fourth-order valence-electron chi connectivity index (χ4n) is 3.74. The van der Waals surface area contributed by atoms with E-state index >= 15 is 0 Å². The highest BCUT2D eigenvalue weighted by Crippen LogP contribution is 2.41. The number of rotatable bonds is 9. The van der Waals surface area contributed by atoms with Crippen LogP contribution in [0.25, 0.3) is 0 Å². The fraction of sp³-hybridized carbons (Fsp3) is 0.292. The van der Waals surface area contributed by atoms with Crippen molar-refractivity contribution in [2.24, 2.45) is 5.73 Å². The smallest absolute Gasteiger partial charge is 0.248 e. The molecule has 7 nitrogen and oxygen atoms in total. The number of anilines is 1. The topological polar surface area (TPSA) is 95.1 Å². The number of ether oxygens (including phenoxy) is 1. The predicted molar refractivity (Wildman–Crippen MR) is 139 cm³/mol. The zero-order valence-electron chi connectivity index (χ0n) is 18.8. The van der Waals surface area contributed by atoms with E-state index in [4.69, 9.17) is 27.2 Å². The standard InChI is InChI=1S/C24H25BrClN5O2S/c1-3-4-11-34-24-29-23-28-14(2)20(22(27)32)21(31(23)30-24)17-12-16(25)9-10-19(17)33-13-15-7-5-6-8-18(15)26/h5-10,12,21H,3-4,11,13H2,1-2H3,(H2,27,32)(H,28,29,30). The van der Waals surface area contributed by atoms with Gasteiger partial charge in [0, 0.05) is 32.1 Å². The molecule has 0 fully saturated rings. The van der Waals surface area contributed by atoms with Crippen LogP contribution in [0.1, 0.15) is 43.9 Å². The summed E-state index contributed by atoms with van der Waals surface area (Å²) in [5, 5.41) is 9.18. The number of amides is 1. The lowest BCUT2D eigenvalue weighted by atomic mass is 9.94. The van der Waals surface area contributed by atoms with Crippen LogP contribution in [-0.2, 0) is 11.4 Å². The van der Waals surface area contributed by atoms with E-state index in [0.29, 0.717) is 33.1 Å². The summed E-state index contributed by atoms with van der Waals surface area (Å²) in [5.74, 6) is 1.54. The minimum Gasteiger partial charge on any atom is -0.488 e. The largest absolute Gasteiger partial charge is 0.488 e. The highest BCUT2D eigenvalue weighted by atomic mass is 79.9. The molecule has 1 aliphatic rings. The molecule has 1 aromatic heterocycles. The quantitative estimate of drug-likeness (QED) is 0.248. The second-order valence-corrected chi connectivity index (χ2v) is 10.2. The van der Waals surface area contributed by atoms with Crippen molar-refractivity contribution in [3.63, 3.8) is 0 Å². The molecule has 0 saturated heterocycles. The Labute approximate surface area is 216 Å². The SMILES string of the molecule is CCCCSc1nc2n(n1)C(c1cc(Br)ccc1OCc1ccccc1Cl)C(C(N)=O)=C(C)N2. The first-order valence-electron chi connectivity index (χ1n) is 10.9. The Hall–Kier alpha value is -2.49. The number of hydrogen-bond donors (Lipinski definition) is 2. The highest BCUT2D eigenvalue weighted by molar-refractivity contribution is 9.10. The second kappa shape index (κ2) is 10.8. The molecular weight excluding hydrogens is 538 g/mol. The van der Waals surface area contributed by atoms with E-state index in [0.717, 1.165) is 34.2 Å². The van der Waals surface area contributed by atoms with Gasteiger partial charge in [0.05, 0.1) is 5.57 Å². The lowest BCUT2D eigenvalue weighted by Crippen LogP contribution is -2.32. The number of carbonyl (C=O) groups is 1. The van der Waals surface area contributed by atoms with Gasteiger partial charge in [-0.25, -0.2) is 4.68 Å². The molecule has 0 radical (unpaired) electrons. The maximum Gasteiger partial charge on any atom is 0.248 e. The van der Waals surface area contributed by atoms with Gasteiger partial charge in [-0.2, -0.15) is 4.98 Å². The number of halogens is 2. The normalized spacial score (nSPS) is 15.1. The Morgan fingerprint density at radius 2 is 2.12 bits per heavy atom. The van der Waals surface area contributed by atoms with Gasteiger partial charge < -0.3 is 15.8 Å². The zero-order chi connectivity index (χ0) is 24.2. The molecule has 3 N–H and O–H groups in total. The number of carbonyl (C=O) groups excluding carboxylic acids is 1. The maximum atomic E-state index is 12.6. The van der Waals surface area contributed by atoms with Gasteiger partial charge in [-0.05, 0) is 37.6 Å². The monoisotopic (exact) mass is 561 g/mol. The Balaban J connectivity index is 1.76. The van der Waals surface area contributed by atoms with E-state index < -0.39 is 11.9 Å². The lowest BCUT2D eigenvalue weighted by Gasteiger charge is -2.29. The maximum absolute atomic E-state index is 12.6. The number of primary amides is 1. The molecule has 1 aliphatic heterocycles. The number of nitrogens with zero attached hydrogens (tertiary/aromatic N) is 3. The van der Waals surface area contributed by atoms with Crippen LogP contribution in [0.15, 0.2) is 63.4 Å². The Morgan fingerprint density at radius 1 is 1.32 bits per heavy atom. The van der Waals surface area contributed by atoms with Crippen LogP contribution in [0.2, 0.25) is 5.02 Å². The van der Waals surface area contributed by atoms with Crippen LogP contribution < -0.4 is 15.8 Å². The summed E-state index contributed by atoms with van der Waals surface area (Å²) >= 11 is 11.5. The van der Waals surface area contributed by atoms with Gasteiger partial charge in [0.2, 0.25) is 17.0 Å². The van der Waals surface area contributed by atoms with Crippen molar-refractivity contribution < 1.29 is 9.53 Å². The summed E-state index contributed by atoms with van der Waals surface area (Å²) < 4.78 is 8.76. The number of fused-ring (bicyclic) bond motifs is 1. The predicted octanol–water partition coefficient (Wildman–Crippen LogP) is 5.94. The van der Waals surface area contributed by atoms with Crippen molar-refractivity contribution in [3.05, 3.63) is 74.4 Å². The number of unbranched alkanes of at least 4 members (excludes halogenated alkanes) is 1. The van der Waals surface area contributed by atoms with Crippen molar-refractivity contribution in [1.82, 2.24) is 14.8 Å². The minimum absolute atomic E-state index is 0.274. The van der Waals surface area contributed by atoms with Gasteiger partial charge in [0.25, 0.3) is 0 Å². The fourth-order valence-corrected chi connectivity index (χ4v) is 5.22. The van der Waals surface area contributed by atoms with E-state index in [-0.39, 0.29) is 6.61 Å². The molecule has 1 amide bonds. The van der Waals surface area contributed by atoms with Gasteiger partial charge >= 0.3 is 0 Å². The molecule has 0 saturated carbocycles. The average Bonchev–Trinajstić information content (AvgIpc) is 3.20. The number of benzene rings is 2. The number of nitrogens with two attached hydrogens (primary N) is 1. The molecule has 1 atom stereocenters. The van der Waals surface area contributed by atoms with Gasteiger partial charge in [-0.15, -0.1) is 5.10 Å². The highest BCUT2D eigenvalue weighted by Gasteiger charge is 2.35. The van der Waals surface area contributed by atoms with Crippen molar-refractivity contribution in [2.45, 2.75) is 44.5 Å². The number of hydrogen-bond acceptors (Lipinski definition) is 6. The van der Waals surface area contributed by atoms with E-state index in [1.807, 2.05) is 49.4 Å². The van der Waals surface area contributed by atoms with Crippen LogP contribution >= 0.6 is 39.3 Å². The first-order valence-corrected chi connectivity index (χ1v) is 13.1. The van der Waals surface area contributed by atoms with Gasteiger partial charge in [-0.1, -0.05) is 70.8 Å². The van der Waals surface area contributed by atoms with Crippen LogP contribution in [0, 0.1) is 0 Å². The molecule has 2 aromatic carbocycles. The van der Waals surface area contributed by atoms with Gasteiger partial charge in [0.1, 0.15) is 18.4 Å². The minimum atomic E-state index is -0.597. The lowest BCUT2D eigenvalue weighted by molar-refractivity contribution is -0.115.